The molecule has 3 aromatic rings. The fraction of sp³-hybridized carbons (Fsp3) is 0.292. The molecule has 2 aromatic carbocycles. The predicted octanol–water partition coefficient (Wildman–Crippen LogP) is 4.46. The minimum atomic E-state index is -0.606. The van der Waals surface area contributed by atoms with Crippen molar-refractivity contribution in [1.82, 2.24) is 0 Å². The molecule has 3 rings (SSSR count). The minimum Gasteiger partial charge on any atom is -0.507 e. The van der Waals surface area contributed by atoms with Gasteiger partial charge in [0.05, 0.1) is 11.1 Å². The van der Waals surface area contributed by atoms with Crippen molar-refractivity contribution in [1.29, 1.82) is 0 Å². The Kier molecular flexibility index (Phi) is 6.47. The highest BCUT2D eigenvalue weighted by Gasteiger charge is 2.20. The summed E-state index contributed by atoms with van der Waals surface area (Å²) in [5.74, 6) is -0.147. The SMILES string of the molecule is CCc1cc2c(C)c(-c3ccc(C(=O)CCCOC)cc3)c(=O)oc2c(C=O)c1O. The summed E-state index contributed by atoms with van der Waals surface area (Å²) in [5.41, 5.74) is 2.26. The second kappa shape index (κ2) is 9.05. The van der Waals surface area contributed by atoms with Crippen molar-refractivity contribution >= 4 is 23.0 Å². The van der Waals surface area contributed by atoms with Crippen LogP contribution in [-0.4, -0.2) is 30.9 Å². The molecule has 30 heavy (non-hydrogen) atoms. The van der Waals surface area contributed by atoms with Crippen molar-refractivity contribution in [2.24, 2.45) is 0 Å². The van der Waals surface area contributed by atoms with Crippen molar-refractivity contribution in [3.05, 3.63) is 63.0 Å². The van der Waals surface area contributed by atoms with Gasteiger partial charge in [-0.25, -0.2) is 4.79 Å². The van der Waals surface area contributed by atoms with Gasteiger partial charge in [0, 0.05) is 31.1 Å². The van der Waals surface area contributed by atoms with Gasteiger partial charge in [-0.15, -0.1) is 0 Å². The third-order valence-corrected chi connectivity index (χ3v) is 5.29. The number of aromatic hydroxyl groups is 1. The standard InChI is InChI=1S/C24H24O6/c1-4-15-12-18-14(2)21(24(28)30-23(18)19(13-25)22(15)27)17-9-7-16(8-10-17)20(26)6-5-11-29-3/h7-10,12-13,27H,4-6,11H2,1-3H3. The molecule has 1 aromatic heterocycles. The zero-order chi connectivity index (χ0) is 21.8. The number of benzene rings is 2. The highest BCUT2D eigenvalue weighted by molar-refractivity contribution is 6.01. The first-order valence-electron chi connectivity index (χ1n) is 9.82. The zero-order valence-electron chi connectivity index (χ0n) is 17.3. The number of phenolic OH excluding ortho intramolecular Hbond substituents is 1. The van der Waals surface area contributed by atoms with Crippen LogP contribution in [0.4, 0.5) is 0 Å². The summed E-state index contributed by atoms with van der Waals surface area (Å²) in [6, 6.07) is 8.57. The predicted molar refractivity (Wildman–Crippen MR) is 115 cm³/mol. The van der Waals surface area contributed by atoms with E-state index in [0.29, 0.717) is 65.4 Å². The van der Waals surface area contributed by atoms with Crippen LogP contribution in [0.3, 0.4) is 0 Å². The highest BCUT2D eigenvalue weighted by atomic mass is 16.5. The number of carbonyl (C=O) groups is 2. The molecule has 0 saturated carbocycles. The fourth-order valence-corrected chi connectivity index (χ4v) is 3.61. The van der Waals surface area contributed by atoms with E-state index >= 15 is 0 Å². The molecule has 0 unspecified atom stereocenters. The summed E-state index contributed by atoms with van der Waals surface area (Å²) in [4.78, 5) is 36.5. The minimum absolute atomic E-state index is 0.0135. The third-order valence-electron chi connectivity index (χ3n) is 5.29. The Bertz CT molecular complexity index is 1160. The molecule has 0 radical (unpaired) electrons. The Balaban J connectivity index is 2.08. The van der Waals surface area contributed by atoms with Crippen molar-refractivity contribution in [3.63, 3.8) is 0 Å². The van der Waals surface area contributed by atoms with E-state index in [9.17, 15) is 19.5 Å². The topological polar surface area (TPSA) is 93.8 Å². The number of phenols is 1. The molecule has 0 aliphatic rings. The maximum atomic E-state index is 12.7. The number of ketones is 1. The molecular formula is C24H24O6. The Morgan fingerprint density at radius 2 is 1.93 bits per heavy atom. The second-order valence-electron chi connectivity index (χ2n) is 7.13. The molecule has 156 valence electrons. The van der Waals surface area contributed by atoms with Gasteiger partial charge in [-0.1, -0.05) is 31.2 Å². The van der Waals surface area contributed by atoms with E-state index in [1.165, 1.54) is 0 Å². The monoisotopic (exact) mass is 408 g/mol. The first-order valence-corrected chi connectivity index (χ1v) is 9.82. The molecule has 0 saturated heterocycles. The Morgan fingerprint density at radius 3 is 2.53 bits per heavy atom. The van der Waals surface area contributed by atoms with Gasteiger partial charge < -0.3 is 14.3 Å². The smallest absolute Gasteiger partial charge is 0.344 e. The number of rotatable bonds is 8. The molecular weight excluding hydrogens is 384 g/mol. The number of ether oxygens (including phenoxy) is 1. The van der Waals surface area contributed by atoms with Crippen molar-refractivity contribution in [2.45, 2.75) is 33.1 Å². The Hall–Kier alpha value is -3.25. The zero-order valence-corrected chi connectivity index (χ0v) is 17.3. The number of hydrogen-bond acceptors (Lipinski definition) is 6. The molecule has 6 heteroatoms. The summed E-state index contributed by atoms with van der Waals surface area (Å²) >= 11 is 0. The summed E-state index contributed by atoms with van der Waals surface area (Å²) in [6.07, 6.45) is 2.07. The quantitative estimate of drug-likeness (QED) is 0.256. The van der Waals surface area contributed by atoms with Gasteiger partial charge in [-0.2, -0.15) is 0 Å². The summed E-state index contributed by atoms with van der Waals surface area (Å²) < 4.78 is 10.4. The van der Waals surface area contributed by atoms with E-state index in [1.54, 1.807) is 44.4 Å². The molecule has 0 aliphatic carbocycles. The number of methoxy groups -OCH3 is 1. The largest absolute Gasteiger partial charge is 0.507 e. The number of hydrogen-bond donors (Lipinski definition) is 1. The van der Waals surface area contributed by atoms with Gasteiger partial charge in [0.25, 0.3) is 0 Å². The molecule has 0 spiro atoms. The van der Waals surface area contributed by atoms with E-state index < -0.39 is 5.63 Å². The number of aldehydes is 1. The van der Waals surface area contributed by atoms with E-state index in [-0.39, 0.29) is 22.7 Å². The summed E-state index contributed by atoms with van der Waals surface area (Å²) in [6.45, 7) is 4.18. The van der Waals surface area contributed by atoms with Crippen molar-refractivity contribution < 1.29 is 23.8 Å². The number of carbonyl (C=O) groups excluding carboxylic acids is 2. The second-order valence-corrected chi connectivity index (χ2v) is 7.13. The lowest BCUT2D eigenvalue weighted by atomic mass is 9.94. The van der Waals surface area contributed by atoms with Gasteiger partial charge in [0.1, 0.15) is 5.75 Å². The average Bonchev–Trinajstić information content (AvgIpc) is 2.74. The summed E-state index contributed by atoms with van der Waals surface area (Å²) in [5, 5.41) is 10.9. The van der Waals surface area contributed by atoms with Crippen LogP contribution in [-0.2, 0) is 11.2 Å². The maximum Gasteiger partial charge on any atom is 0.344 e. The highest BCUT2D eigenvalue weighted by Crippen LogP contribution is 2.34. The van der Waals surface area contributed by atoms with E-state index in [1.807, 2.05) is 6.92 Å². The van der Waals surface area contributed by atoms with E-state index in [4.69, 9.17) is 9.15 Å². The first kappa shape index (κ1) is 21.5. The average molecular weight is 408 g/mol. The molecule has 0 fully saturated rings. The lowest BCUT2D eigenvalue weighted by molar-refractivity contribution is 0.0963. The van der Waals surface area contributed by atoms with Crippen LogP contribution in [0.1, 0.15) is 51.6 Å². The van der Waals surface area contributed by atoms with Crippen LogP contribution in [0.25, 0.3) is 22.1 Å². The molecule has 0 aliphatic heterocycles. The van der Waals surface area contributed by atoms with Crippen LogP contribution >= 0.6 is 0 Å². The van der Waals surface area contributed by atoms with Crippen molar-refractivity contribution in [2.75, 3.05) is 13.7 Å². The summed E-state index contributed by atoms with van der Waals surface area (Å²) in [7, 11) is 1.60. The van der Waals surface area contributed by atoms with Gasteiger partial charge in [-0.05, 0) is 42.5 Å². The van der Waals surface area contributed by atoms with Crippen LogP contribution in [0, 0.1) is 6.92 Å². The molecule has 1 heterocycles. The van der Waals surface area contributed by atoms with E-state index in [0.717, 1.165) is 0 Å². The lowest BCUT2D eigenvalue weighted by Gasteiger charge is -2.13. The Morgan fingerprint density at radius 1 is 1.23 bits per heavy atom. The van der Waals surface area contributed by atoms with Crippen molar-refractivity contribution in [3.8, 4) is 16.9 Å². The van der Waals surface area contributed by atoms with Crippen LogP contribution in [0.5, 0.6) is 5.75 Å². The molecule has 0 bridgehead atoms. The fourth-order valence-electron chi connectivity index (χ4n) is 3.61. The number of Topliss-reactive ketones (excluding diaryl/α,β-unsaturated/α-hetero) is 1. The molecule has 0 atom stereocenters. The maximum absolute atomic E-state index is 12.7. The van der Waals surface area contributed by atoms with Crippen LogP contribution < -0.4 is 5.63 Å². The van der Waals surface area contributed by atoms with Gasteiger partial charge >= 0.3 is 5.63 Å². The van der Waals surface area contributed by atoms with E-state index in [2.05, 4.69) is 0 Å². The van der Waals surface area contributed by atoms with Gasteiger partial charge in [0.2, 0.25) is 0 Å². The number of fused-ring (bicyclic) bond motifs is 1. The third kappa shape index (κ3) is 3.91. The molecule has 6 nitrogen and oxygen atoms in total. The Labute approximate surface area is 174 Å². The molecule has 0 amide bonds. The normalized spacial score (nSPS) is 11.0. The number of aryl methyl sites for hydroxylation is 2. The van der Waals surface area contributed by atoms with Crippen LogP contribution in [0.2, 0.25) is 0 Å². The molecule has 1 N–H and O–H groups in total. The van der Waals surface area contributed by atoms with Crippen LogP contribution in [0.15, 0.2) is 39.5 Å². The lowest BCUT2D eigenvalue weighted by Crippen LogP contribution is -2.08. The van der Waals surface area contributed by atoms with Gasteiger partial charge in [0.15, 0.2) is 17.7 Å². The van der Waals surface area contributed by atoms with Gasteiger partial charge in [-0.3, -0.25) is 9.59 Å². The first-order chi connectivity index (χ1) is 14.4.